The van der Waals surface area contributed by atoms with Crippen molar-refractivity contribution in [1.82, 2.24) is 0 Å². The molecular formula is C20H28O4. The Balaban J connectivity index is 1.41. The summed E-state index contributed by atoms with van der Waals surface area (Å²) in [5.41, 5.74) is 1.07. The second kappa shape index (κ2) is 7.66. The maximum atomic E-state index is 11.3. The van der Waals surface area contributed by atoms with Crippen LogP contribution in [0.2, 0.25) is 0 Å². The zero-order valence-corrected chi connectivity index (χ0v) is 14.7. The first-order valence-corrected chi connectivity index (χ1v) is 9.03. The molecule has 0 spiro atoms. The molecule has 0 radical (unpaired) electrons. The van der Waals surface area contributed by atoms with E-state index in [2.05, 4.69) is 26.0 Å². The molecule has 3 rings (SSSR count). The van der Waals surface area contributed by atoms with E-state index < -0.39 is 0 Å². The van der Waals surface area contributed by atoms with Gasteiger partial charge in [-0.05, 0) is 44.1 Å². The lowest BCUT2D eigenvalue weighted by Crippen LogP contribution is -2.33. The van der Waals surface area contributed by atoms with E-state index in [1.807, 2.05) is 18.2 Å². The fourth-order valence-electron chi connectivity index (χ4n) is 3.90. The highest BCUT2D eigenvalue weighted by atomic mass is 16.6. The molecule has 24 heavy (non-hydrogen) atoms. The highest BCUT2D eigenvalue weighted by Gasteiger charge is 2.43. The third-order valence-corrected chi connectivity index (χ3v) is 5.02. The minimum absolute atomic E-state index is 0.0380. The first-order valence-electron chi connectivity index (χ1n) is 9.03. The van der Waals surface area contributed by atoms with Crippen molar-refractivity contribution in [2.24, 2.45) is 5.92 Å². The van der Waals surface area contributed by atoms with Crippen molar-refractivity contribution >= 4 is 5.97 Å². The molecule has 2 aliphatic heterocycles. The van der Waals surface area contributed by atoms with Gasteiger partial charge in [0.05, 0.1) is 18.3 Å². The van der Waals surface area contributed by atoms with Gasteiger partial charge < -0.3 is 14.2 Å². The van der Waals surface area contributed by atoms with Gasteiger partial charge in [-0.3, -0.25) is 4.79 Å². The summed E-state index contributed by atoms with van der Waals surface area (Å²) < 4.78 is 17.5. The minimum atomic E-state index is -0.130. The Morgan fingerprint density at radius 1 is 1.25 bits per heavy atom. The summed E-state index contributed by atoms with van der Waals surface area (Å²) in [6, 6.07) is 10.2. The maximum Gasteiger partial charge on any atom is 0.306 e. The molecule has 0 bridgehead atoms. The third-order valence-electron chi connectivity index (χ3n) is 5.02. The molecule has 0 saturated carbocycles. The standard InChI is InChI=1S/C20H28O4/c1-15(13-22-14-16-6-4-3-5-7-16)12-20(2)11-10-18(24-20)17-8-9-19(21)23-17/h3-7,15,17-18H,8-14H2,1-2H3/t15-,17+,18-,20-/m1/s1. The van der Waals surface area contributed by atoms with Gasteiger partial charge in [-0.25, -0.2) is 0 Å². The zero-order valence-electron chi connectivity index (χ0n) is 14.7. The number of hydrogen-bond donors (Lipinski definition) is 0. The van der Waals surface area contributed by atoms with Gasteiger partial charge in [-0.2, -0.15) is 0 Å². The van der Waals surface area contributed by atoms with Gasteiger partial charge in [0.25, 0.3) is 0 Å². The number of hydrogen-bond acceptors (Lipinski definition) is 4. The van der Waals surface area contributed by atoms with Crippen LogP contribution in [0.4, 0.5) is 0 Å². The topological polar surface area (TPSA) is 44.8 Å². The zero-order chi connectivity index (χ0) is 17.0. The van der Waals surface area contributed by atoms with E-state index in [1.54, 1.807) is 0 Å². The van der Waals surface area contributed by atoms with Crippen LogP contribution in [0.25, 0.3) is 0 Å². The van der Waals surface area contributed by atoms with Crippen LogP contribution in [0.1, 0.15) is 51.5 Å². The lowest BCUT2D eigenvalue weighted by atomic mass is 9.91. The van der Waals surface area contributed by atoms with Crippen LogP contribution in [0.5, 0.6) is 0 Å². The molecule has 4 heteroatoms. The smallest absolute Gasteiger partial charge is 0.306 e. The second-order valence-corrected chi connectivity index (χ2v) is 7.52. The Kier molecular flexibility index (Phi) is 5.57. The first-order chi connectivity index (χ1) is 11.5. The van der Waals surface area contributed by atoms with E-state index in [4.69, 9.17) is 14.2 Å². The molecule has 2 fully saturated rings. The summed E-state index contributed by atoms with van der Waals surface area (Å²) in [5, 5.41) is 0. The summed E-state index contributed by atoms with van der Waals surface area (Å²) in [4.78, 5) is 11.3. The van der Waals surface area contributed by atoms with Crippen LogP contribution < -0.4 is 0 Å². The van der Waals surface area contributed by atoms with E-state index in [9.17, 15) is 4.79 Å². The number of carbonyl (C=O) groups excluding carboxylic acids is 1. The van der Waals surface area contributed by atoms with Gasteiger partial charge in [-0.1, -0.05) is 37.3 Å². The summed E-state index contributed by atoms with van der Waals surface area (Å²) >= 11 is 0. The van der Waals surface area contributed by atoms with Crippen molar-refractivity contribution < 1.29 is 19.0 Å². The number of benzene rings is 1. The number of rotatable bonds is 7. The Hall–Kier alpha value is -1.39. The molecular weight excluding hydrogens is 304 g/mol. The molecule has 1 aromatic carbocycles. The highest BCUT2D eigenvalue weighted by molar-refractivity contribution is 5.71. The Morgan fingerprint density at radius 3 is 2.75 bits per heavy atom. The molecule has 0 aromatic heterocycles. The molecule has 2 heterocycles. The van der Waals surface area contributed by atoms with Crippen molar-refractivity contribution in [3.05, 3.63) is 35.9 Å². The van der Waals surface area contributed by atoms with E-state index in [-0.39, 0.29) is 23.8 Å². The average Bonchev–Trinajstić information content (AvgIpc) is 3.14. The van der Waals surface area contributed by atoms with E-state index >= 15 is 0 Å². The fraction of sp³-hybridized carbons (Fsp3) is 0.650. The monoisotopic (exact) mass is 332 g/mol. The number of ether oxygens (including phenoxy) is 3. The minimum Gasteiger partial charge on any atom is -0.460 e. The molecule has 0 aliphatic carbocycles. The highest BCUT2D eigenvalue weighted by Crippen LogP contribution is 2.39. The van der Waals surface area contributed by atoms with Crippen molar-refractivity contribution in [3.63, 3.8) is 0 Å². The van der Waals surface area contributed by atoms with Crippen LogP contribution in [-0.4, -0.2) is 30.4 Å². The predicted molar refractivity (Wildman–Crippen MR) is 91.5 cm³/mol. The second-order valence-electron chi connectivity index (χ2n) is 7.52. The van der Waals surface area contributed by atoms with Crippen LogP contribution in [0, 0.1) is 5.92 Å². The van der Waals surface area contributed by atoms with Crippen molar-refractivity contribution in [2.45, 2.75) is 70.4 Å². The van der Waals surface area contributed by atoms with Gasteiger partial charge in [0, 0.05) is 13.0 Å². The molecule has 132 valence electrons. The average molecular weight is 332 g/mol. The summed E-state index contributed by atoms with van der Waals surface area (Å²) in [6.45, 7) is 5.78. The third kappa shape index (κ3) is 4.58. The van der Waals surface area contributed by atoms with Gasteiger partial charge >= 0.3 is 5.97 Å². The number of cyclic esters (lactones) is 1. The quantitative estimate of drug-likeness (QED) is 0.711. The Morgan fingerprint density at radius 2 is 2.04 bits per heavy atom. The normalized spacial score (nSPS) is 31.2. The van der Waals surface area contributed by atoms with Crippen molar-refractivity contribution in [3.8, 4) is 0 Å². The Labute approximate surface area is 144 Å². The summed E-state index contributed by atoms with van der Waals surface area (Å²) in [5.74, 6) is 0.350. The molecule has 2 aliphatic rings. The van der Waals surface area contributed by atoms with E-state index in [0.29, 0.717) is 18.9 Å². The van der Waals surface area contributed by atoms with Gasteiger partial charge in [0.1, 0.15) is 6.10 Å². The van der Waals surface area contributed by atoms with Crippen molar-refractivity contribution in [1.29, 1.82) is 0 Å². The molecule has 4 nitrogen and oxygen atoms in total. The predicted octanol–water partition coefficient (Wildman–Crippen LogP) is 3.87. The van der Waals surface area contributed by atoms with Crippen molar-refractivity contribution in [2.75, 3.05) is 6.61 Å². The van der Waals surface area contributed by atoms with Gasteiger partial charge in [-0.15, -0.1) is 0 Å². The first kappa shape index (κ1) is 17.4. The van der Waals surface area contributed by atoms with Gasteiger partial charge in [0.15, 0.2) is 0 Å². The lowest BCUT2D eigenvalue weighted by molar-refractivity contribution is -0.150. The summed E-state index contributed by atoms with van der Waals surface area (Å²) in [7, 11) is 0. The molecule has 0 unspecified atom stereocenters. The lowest BCUT2D eigenvalue weighted by Gasteiger charge is -2.29. The molecule has 0 amide bonds. The molecule has 4 atom stereocenters. The number of esters is 1. The van der Waals surface area contributed by atoms with E-state index in [1.165, 1.54) is 5.56 Å². The molecule has 2 saturated heterocycles. The SMILES string of the molecule is C[C@@H](COCc1ccccc1)C[C@@]1(C)CC[C@H]([C@@H]2CCC(=O)O2)O1. The Bertz CT molecular complexity index is 544. The van der Waals surface area contributed by atoms with Crippen LogP contribution in [-0.2, 0) is 25.6 Å². The van der Waals surface area contributed by atoms with Crippen LogP contribution in [0.15, 0.2) is 30.3 Å². The summed E-state index contributed by atoms with van der Waals surface area (Å²) in [6.07, 6.45) is 4.34. The fourth-order valence-corrected chi connectivity index (χ4v) is 3.90. The largest absolute Gasteiger partial charge is 0.460 e. The molecule has 0 N–H and O–H groups in total. The molecule has 1 aromatic rings. The van der Waals surface area contributed by atoms with Gasteiger partial charge in [0.2, 0.25) is 0 Å². The van der Waals surface area contributed by atoms with E-state index in [0.717, 1.165) is 32.3 Å². The number of carbonyl (C=O) groups is 1. The van der Waals surface area contributed by atoms with Crippen LogP contribution >= 0.6 is 0 Å². The van der Waals surface area contributed by atoms with Crippen LogP contribution in [0.3, 0.4) is 0 Å². The maximum absolute atomic E-state index is 11.3.